The first-order chi connectivity index (χ1) is 4.33. The van der Waals surface area contributed by atoms with Gasteiger partial charge in [-0.2, -0.15) is 0 Å². The van der Waals surface area contributed by atoms with E-state index in [2.05, 4.69) is 4.98 Å². The highest BCUT2D eigenvalue weighted by atomic mass is 16.0. The lowest BCUT2D eigenvalue weighted by Gasteiger charge is -1.81. The Morgan fingerprint density at radius 2 is 1.70 bits per heavy atom. The molecule has 10 heavy (non-hydrogen) atoms. The average Bonchev–Trinajstić information content (AvgIpc) is 1.90. The molecule has 0 aliphatic carbocycles. The van der Waals surface area contributed by atoms with Gasteiger partial charge in [-0.3, -0.25) is 0 Å². The second kappa shape index (κ2) is 3.59. The van der Waals surface area contributed by atoms with Crippen LogP contribution in [0.4, 0.5) is 5.69 Å². The largest absolute Gasteiger partial charge is 0.870 e. The van der Waals surface area contributed by atoms with Crippen LogP contribution >= 0.6 is 0 Å². The van der Waals surface area contributed by atoms with Crippen molar-refractivity contribution in [1.82, 2.24) is 0 Å². The van der Waals surface area contributed by atoms with Gasteiger partial charge in [-0.05, 0) is 6.92 Å². The molecule has 0 amide bonds. The van der Waals surface area contributed by atoms with E-state index in [1.807, 2.05) is 19.1 Å². The smallest absolute Gasteiger partial charge is 0.385 e. The minimum atomic E-state index is 0. The SMILES string of the molecule is Cc1ccc([N+]#N)cc1.[OH-]. The molecule has 1 aromatic rings. The molecule has 0 aliphatic heterocycles. The molecule has 0 saturated carbocycles. The van der Waals surface area contributed by atoms with Gasteiger partial charge in [-0.1, -0.05) is 17.7 Å². The molecule has 0 unspecified atom stereocenters. The summed E-state index contributed by atoms with van der Waals surface area (Å²) in [6.07, 6.45) is 0. The quantitative estimate of drug-likeness (QED) is 0.514. The van der Waals surface area contributed by atoms with Crippen LogP contribution in [0.1, 0.15) is 5.56 Å². The summed E-state index contributed by atoms with van der Waals surface area (Å²) in [4.78, 5) is 3.01. The molecule has 0 fully saturated rings. The van der Waals surface area contributed by atoms with Crippen molar-refractivity contribution in [2.75, 3.05) is 0 Å². The van der Waals surface area contributed by atoms with E-state index in [0.717, 1.165) is 0 Å². The summed E-state index contributed by atoms with van der Waals surface area (Å²) < 4.78 is 0. The Labute approximate surface area is 59.2 Å². The molecule has 0 atom stereocenters. The van der Waals surface area contributed by atoms with E-state index in [-0.39, 0.29) is 5.48 Å². The Morgan fingerprint density at radius 3 is 2.10 bits per heavy atom. The summed E-state index contributed by atoms with van der Waals surface area (Å²) in [5, 5.41) is 8.25. The monoisotopic (exact) mass is 136 g/mol. The Hall–Kier alpha value is -1.40. The van der Waals surface area contributed by atoms with Gasteiger partial charge in [0.2, 0.25) is 5.39 Å². The van der Waals surface area contributed by atoms with Gasteiger partial charge in [0.05, 0.1) is 0 Å². The molecule has 0 bridgehead atoms. The molecule has 3 nitrogen and oxygen atoms in total. The third-order valence-corrected chi connectivity index (χ3v) is 1.15. The van der Waals surface area contributed by atoms with Crippen molar-refractivity contribution >= 4 is 5.69 Å². The Morgan fingerprint density at radius 1 is 1.20 bits per heavy atom. The molecule has 0 radical (unpaired) electrons. The van der Waals surface area contributed by atoms with Crippen molar-refractivity contribution in [2.24, 2.45) is 0 Å². The molecule has 0 spiro atoms. The fourth-order valence-electron chi connectivity index (χ4n) is 0.611. The summed E-state index contributed by atoms with van der Waals surface area (Å²) >= 11 is 0. The topological polar surface area (TPSA) is 58.1 Å². The fourth-order valence-corrected chi connectivity index (χ4v) is 0.611. The molecular formula is C7H8N2O. The Balaban J connectivity index is 0.000000810. The third-order valence-electron chi connectivity index (χ3n) is 1.15. The van der Waals surface area contributed by atoms with Crippen molar-refractivity contribution in [2.45, 2.75) is 6.92 Å². The van der Waals surface area contributed by atoms with Crippen LogP contribution in [0.15, 0.2) is 24.3 Å². The van der Waals surface area contributed by atoms with Gasteiger partial charge < -0.3 is 5.48 Å². The van der Waals surface area contributed by atoms with E-state index in [9.17, 15) is 0 Å². The zero-order valence-electron chi connectivity index (χ0n) is 5.65. The van der Waals surface area contributed by atoms with Crippen LogP contribution in [0, 0.1) is 12.3 Å². The first-order valence-electron chi connectivity index (χ1n) is 2.74. The first-order valence-corrected chi connectivity index (χ1v) is 2.74. The third kappa shape index (κ3) is 1.84. The predicted molar refractivity (Wildman–Crippen MR) is 37.9 cm³/mol. The highest BCUT2D eigenvalue weighted by Crippen LogP contribution is 2.10. The van der Waals surface area contributed by atoms with Crippen LogP contribution < -0.4 is 0 Å². The number of rotatable bonds is 0. The van der Waals surface area contributed by atoms with Crippen molar-refractivity contribution in [3.05, 3.63) is 34.8 Å². The molecule has 0 saturated heterocycles. The summed E-state index contributed by atoms with van der Waals surface area (Å²) in [5.74, 6) is 0. The summed E-state index contributed by atoms with van der Waals surface area (Å²) in [5.41, 5.74) is 1.77. The minimum absolute atomic E-state index is 0. The minimum Gasteiger partial charge on any atom is -0.870 e. The molecule has 1 rings (SSSR count). The van der Waals surface area contributed by atoms with Crippen molar-refractivity contribution < 1.29 is 5.48 Å². The van der Waals surface area contributed by atoms with Crippen LogP contribution in [0.2, 0.25) is 0 Å². The van der Waals surface area contributed by atoms with E-state index in [1.165, 1.54) is 5.56 Å². The molecular weight excluding hydrogens is 128 g/mol. The van der Waals surface area contributed by atoms with Crippen LogP contribution in [-0.2, 0) is 0 Å². The predicted octanol–water partition coefficient (Wildman–Crippen LogP) is 2.30. The number of hydrogen-bond donors (Lipinski definition) is 0. The van der Waals surface area contributed by atoms with E-state index < -0.39 is 0 Å². The molecule has 0 heterocycles. The second-order valence-corrected chi connectivity index (χ2v) is 1.94. The molecule has 0 aliphatic rings. The van der Waals surface area contributed by atoms with E-state index >= 15 is 0 Å². The van der Waals surface area contributed by atoms with Gasteiger partial charge in [0, 0.05) is 12.1 Å². The van der Waals surface area contributed by atoms with Gasteiger partial charge in [0.15, 0.2) is 4.98 Å². The van der Waals surface area contributed by atoms with Crippen LogP contribution in [0.3, 0.4) is 0 Å². The van der Waals surface area contributed by atoms with Crippen molar-refractivity contribution in [3.8, 4) is 0 Å². The lowest BCUT2D eigenvalue weighted by Crippen LogP contribution is -1.65. The van der Waals surface area contributed by atoms with E-state index in [1.54, 1.807) is 12.1 Å². The summed E-state index contributed by atoms with van der Waals surface area (Å²) in [6, 6.07) is 7.31. The number of benzene rings is 1. The highest BCUT2D eigenvalue weighted by Gasteiger charge is 1.98. The van der Waals surface area contributed by atoms with Gasteiger partial charge in [-0.15, -0.1) is 0 Å². The lowest BCUT2D eigenvalue weighted by atomic mass is 10.2. The average molecular weight is 136 g/mol. The molecule has 1 aromatic carbocycles. The number of aryl methyl sites for hydroxylation is 1. The van der Waals surface area contributed by atoms with Gasteiger partial charge in [0.25, 0.3) is 0 Å². The van der Waals surface area contributed by atoms with Crippen LogP contribution in [0.5, 0.6) is 0 Å². The standard InChI is InChI=1S/C7H7N2.H2O/c1-6-2-4-7(9-8)5-3-6;/h2-5H,1H3;1H2/q+1;/p-1. The van der Waals surface area contributed by atoms with Crippen molar-refractivity contribution in [1.29, 1.82) is 5.39 Å². The van der Waals surface area contributed by atoms with Crippen LogP contribution in [0.25, 0.3) is 4.98 Å². The van der Waals surface area contributed by atoms with Gasteiger partial charge in [-0.25, -0.2) is 0 Å². The van der Waals surface area contributed by atoms with Crippen molar-refractivity contribution in [3.63, 3.8) is 0 Å². The summed E-state index contributed by atoms with van der Waals surface area (Å²) in [7, 11) is 0. The first kappa shape index (κ1) is 8.60. The normalized spacial score (nSPS) is 7.60. The molecule has 52 valence electrons. The number of hydrogen-bond acceptors (Lipinski definition) is 2. The van der Waals surface area contributed by atoms with Gasteiger partial charge in [0.1, 0.15) is 0 Å². The Kier molecular flexibility index (Phi) is 3.09. The van der Waals surface area contributed by atoms with E-state index in [4.69, 9.17) is 5.39 Å². The lowest BCUT2D eigenvalue weighted by molar-refractivity contribution is 0.824. The van der Waals surface area contributed by atoms with Gasteiger partial charge >= 0.3 is 5.69 Å². The second-order valence-electron chi connectivity index (χ2n) is 1.94. The fraction of sp³-hybridized carbons (Fsp3) is 0.143. The molecule has 1 N–H and O–H groups in total. The zero-order chi connectivity index (χ0) is 6.69. The zero-order valence-corrected chi connectivity index (χ0v) is 5.65. The number of nitrogens with zero attached hydrogens (tertiary/aromatic N) is 2. The summed E-state index contributed by atoms with van der Waals surface area (Å²) in [6.45, 7) is 1.99. The molecule has 0 aromatic heterocycles. The Bertz CT molecular complexity index is 235. The highest BCUT2D eigenvalue weighted by molar-refractivity contribution is 5.44. The molecule has 3 heteroatoms. The van der Waals surface area contributed by atoms with Crippen LogP contribution in [-0.4, -0.2) is 5.48 Å². The maximum atomic E-state index is 8.25. The maximum absolute atomic E-state index is 8.25. The maximum Gasteiger partial charge on any atom is 0.385 e. The number of diazo groups is 1. The van der Waals surface area contributed by atoms with E-state index in [0.29, 0.717) is 5.69 Å².